The molecule has 7 nitrogen and oxygen atoms in total. The Morgan fingerprint density at radius 2 is 2.27 bits per heavy atom. The zero-order valence-corrected chi connectivity index (χ0v) is 15.8. The topological polar surface area (TPSA) is 87.2 Å². The number of carbonyl (C=O) groups excluding carboxylic acids is 2. The van der Waals surface area contributed by atoms with E-state index in [1.165, 1.54) is 18.1 Å². The fourth-order valence-electron chi connectivity index (χ4n) is 3.24. The summed E-state index contributed by atoms with van der Waals surface area (Å²) in [6.45, 7) is 5.62. The Hall–Kier alpha value is -2.32. The molecule has 138 valence electrons. The Morgan fingerprint density at radius 1 is 1.42 bits per heavy atom. The molecule has 2 aromatic heterocycles. The molecule has 2 amide bonds. The molecule has 26 heavy (non-hydrogen) atoms. The average Bonchev–Trinajstić information content (AvgIpc) is 3.26. The molecule has 3 heterocycles. The first-order valence-corrected chi connectivity index (χ1v) is 9.63. The van der Waals surface area contributed by atoms with Crippen molar-refractivity contribution in [2.75, 3.05) is 13.1 Å². The lowest BCUT2D eigenvalue weighted by atomic mass is 10.1. The lowest BCUT2D eigenvalue weighted by molar-refractivity contribution is -0.125. The van der Waals surface area contributed by atoms with E-state index in [9.17, 15) is 9.59 Å². The van der Waals surface area contributed by atoms with Gasteiger partial charge in [0.25, 0.3) is 5.91 Å². The van der Waals surface area contributed by atoms with Gasteiger partial charge in [-0.25, -0.2) is 9.97 Å². The molecule has 0 unspecified atom stereocenters. The van der Waals surface area contributed by atoms with Crippen molar-refractivity contribution < 1.29 is 9.59 Å². The van der Waals surface area contributed by atoms with Crippen molar-refractivity contribution in [2.45, 2.75) is 38.9 Å². The molecule has 0 saturated carbocycles. The van der Waals surface area contributed by atoms with E-state index in [1.807, 2.05) is 12.3 Å². The zero-order valence-electron chi connectivity index (χ0n) is 14.9. The van der Waals surface area contributed by atoms with E-state index in [-0.39, 0.29) is 23.9 Å². The van der Waals surface area contributed by atoms with Crippen LogP contribution in [0, 0.1) is 6.92 Å². The maximum Gasteiger partial charge on any atom is 0.254 e. The van der Waals surface area contributed by atoms with E-state index in [2.05, 4.69) is 36.9 Å². The second-order valence-electron chi connectivity index (χ2n) is 6.40. The molecule has 1 aliphatic heterocycles. The number of hydrogen-bond donors (Lipinski definition) is 2. The van der Waals surface area contributed by atoms with Crippen molar-refractivity contribution in [3.63, 3.8) is 0 Å². The van der Waals surface area contributed by atoms with E-state index in [4.69, 9.17) is 0 Å². The predicted octanol–water partition coefficient (Wildman–Crippen LogP) is 1.36. The Morgan fingerprint density at radius 3 is 2.96 bits per heavy atom. The van der Waals surface area contributed by atoms with Crippen LogP contribution in [0.4, 0.5) is 0 Å². The summed E-state index contributed by atoms with van der Waals surface area (Å²) >= 11 is 1.64. The molecular formula is C18H23N5O2S. The number of likely N-dealkylation sites (N-methyl/N-ethyl adjacent to an activating group) is 1. The van der Waals surface area contributed by atoms with Crippen LogP contribution in [0.15, 0.2) is 29.4 Å². The Kier molecular flexibility index (Phi) is 5.95. The van der Waals surface area contributed by atoms with Gasteiger partial charge >= 0.3 is 0 Å². The number of nitrogens with zero attached hydrogens (tertiary/aromatic N) is 3. The maximum absolute atomic E-state index is 12.5. The molecule has 1 aliphatic rings. The molecule has 2 N–H and O–H groups in total. The number of hydrogen-bond acceptors (Lipinski definition) is 6. The Balaban J connectivity index is 1.69. The number of nitrogens with one attached hydrogen (secondary N) is 2. The smallest absolute Gasteiger partial charge is 0.254 e. The molecule has 0 spiro atoms. The third-order valence-electron chi connectivity index (χ3n) is 4.51. The first-order chi connectivity index (χ1) is 12.6. The average molecular weight is 373 g/mol. The minimum absolute atomic E-state index is 0.0127. The van der Waals surface area contributed by atoms with Gasteiger partial charge in [-0.2, -0.15) is 11.3 Å². The van der Waals surface area contributed by atoms with E-state index >= 15 is 0 Å². The van der Waals surface area contributed by atoms with Crippen LogP contribution in [-0.4, -0.2) is 51.9 Å². The standard InChI is InChI=1S/C18H23N5O2S/c1-3-20-18(25)16-6-14(9-23(16)8-13-4-5-26-10-13)22-17(24)15-7-19-11-21-12(15)2/h4-5,7,10-11,14,16H,3,6,8-9H2,1-2H3,(H,20,25)(H,22,24)/t14-,16-/m0/s1. The minimum atomic E-state index is -0.242. The number of rotatable bonds is 6. The van der Waals surface area contributed by atoms with Crippen LogP contribution in [0.5, 0.6) is 0 Å². The number of likely N-dealkylation sites (tertiary alicyclic amines) is 1. The summed E-state index contributed by atoms with van der Waals surface area (Å²) in [5.41, 5.74) is 2.30. The summed E-state index contributed by atoms with van der Waals surface area (Å²) in [6.07, 6.45) is 3.54. The molecule has 3 rings (SSSR count). The fourth-order valence-corrected chi connectivity index (χ4v) is 3.90. The van der Waals surface area contributed by atoms with Gasteiger partial charge in [0.2, 0.25) is 5.91 Å². The van der Waals surface area contributed by atoms with E-state index < -0.39 is 0 Å². The molecule has 2 aromatic rings. The second kappa shape index (κ2) is 8.37. The molecule has 0 radical (unpaired) electrons. The Bertz CT molecular complexity index is 765. The number of aromatic nitrogens is 2. The summed E-state index contributed by atoms with van der Waals surface area (Å²) < 4.78 is 0. The number of carbonyl (C=O) groups is 2. The highest BCUT2D eigenvalue weighted by molar-refractivity contribution is 7.07. The Labute approximate surface area is 156 Å². The van der Waals surface area contributed by atoms with Gasteiger partial charge in [0.1, 0.15) is 6.33 Å². The first-order valence-electron chi connectivity index (χ1n) is 8.68. The van der Waals surface area contributed by atoms with E-state index in [1.54, 1.807) is 18.3 Å². The lowest BCUT2D eigenvalue weighted by Crippen LogP contribution is -2.42. The molecule has 0 bridgehead atoms. The third-order valence-corrected chi connectivity index (χ3v) is 5.25. The van der Waals surface area contributed by atoms with Gasteiger partial charge in [-0.3, -0.25) is 14.5 Å². The van der Waals surface area contributed by atoms with Crippen molar-refractivity contribution in [1.82, 2.24) is 25.5 Å². The number of aryl methyl sites for hydroxylation is 1. The maximum atomic E-state index is 12.5. The second-order valence-corrected chi connectivity index (χ2v) is 7.18. The quantitative estimate of drug-likeness (QED) is 0.798. The first kappa shape index (κ1) is 18.5. The predicted molar refractivity (Wildman–Crippen MR) is 99.8 cm³/mol. The number of amides is 2. The van der Waals surface area contributed by atoms with Gasteiger partial charge < -0.3 is 10.6 Å². The summed E-state index contributed by atoms with van der Waals surface area (Å²) in [4.78, 5) is 35.1. The lowest BCUT2D eigenvalue weighted by Gasteiger charge is -2.22. The SMILES string of the molecule is CCNC(=O)[C@@H]1C[C@H](NC(=O)c2cncnc2C)CN1Cc1ccsc1. The third kappa shape index (κ3) is 4.25. The van der Waals surface area contributed by atoms with Crippen molar-refractivity contribution in [3.8, 4) is 0 Å². The van der Waals surface area contributed by atoms with Crippen LogP contribution in [-0.2, 0) is 11.3 Å². The van der Waals surface area contributed by atoms with Crippen LogP contribution in [0.1, 0.15) is 35.0 Å². The fraction of sp³-hybridized carbons (Fsp3) is 0.444. The molecule has 0 aromatic carbocycles. The van der Waals surface area contributed by atoms with Gasteiger partial charge in [0, 0.05) is 31.9 Å². The number of thiophene rings is 1. The normalized spacial score (nSPS) is 20.1. The summed E-state index contributed by atoms with van der Waals surface area (Å²) in [7, 11) is 0. The van der Waals surface area contributed by atoms with Crippen LogP contribution >= 0.6 is 11.3 Å². The molecule has 8 heteroatoms. The van der Waals surface area contributed by atoms with E-state index in [0.717, 1.165) is 0 Å². The zero-order chi connectivity index (χ0) is 18.5. The molecule has 0 aliphatic carbocycles. The summed E-state index contributed by atoms with van der Waals surface area (Å²) in [5, 5.41) is 10.1. The molecule has 2 atom stereocenters. The molecule has 1 saturated heterocycles. The van der Waals surface area contributed by atoms with E-state index in [0.29, 0.717) is 37.3 Å². The summed E-state index contributed by atoms with van der Waals surface area (Å²) in [5.74, 6) is -0.182. The molecular weight excluding hydrogens is 350 g/mol. The van der Waals surface area contributed by atoms with Gasteiger partial charge in [-0.1, -0.05) is 0 Å². The van der Waals surface area contributed by atoms with Crippen LogP contribution in [0.3, 0.4) is 0 Å². The van der Waals surface area contributed by atoms with Crippen LogP contribution < -0.4 is 10.6 Å². The highest BCUT2D eigenvalue weighted by atomic mass is 32.1. The highest BCUT2D eigenvalue weighted by Crippen LogP contribution is 2.22. The van der Waals surface area contributed by atoms with Crippen LogP contribution in [0.25, 0.3) is 0 Å². The van der Waals surface area contributed by atoms with Gasteiger partial charge in [0.15, 0.2) is 0 Å². The highest BCUT2D eigenvalue weighted by Gasteiger charge is 2.37. The van der Waals surface area contributed by atoms with Crippen molar-refractivity contribution in [3.05, 3.63) is 46.2 Å². The largest absolute Gasteiger partial charge is 0.355 e. The monoisotopic (exact) mass is 373 g/mol. The summed E-state index contributed by atoms with van der Waals surface area (Å²) in [6, 6.07) is 1.73. The van der Waals surface area contributed by atoms with Gasteiger partial charge in [-0.05, 0) is 42.7 Å². The molecule has 1 fully saturated rings. The van der Waals surface area contributed by atoms with Gasteiger partial charge in [0.05, 0.1) is 17.3 Å². The van der Waals surface area contributed by atoms with Crippen molar-refractivity contribution in [1.29, 1.82) is 0 Å². The van der Waals surface area contributed by atoms with Crippen molar-refractivity contribution >= 4 is 23.2 Å². The van der Waals surface area contributed by atoms with Crippen molar-refractivity contribution in [2.24, 2.45) is 0 Å². The van der Waals surface area contributed by atoms with Crippen LogP contribution in [0.2, 0.25) is 0 Å². The van der Waals surface area contributed by atoms with Gasteiger partial charge in [-0.15, -0.1) is 0 Å². The minimum Gasteiger partial charge on any atom is -0.355 e.